The predicted molar refractivity (Wildman–Crippen MR) is 71.2 cm³/mol. The molecule has 1 aromatic carbocycles. The van der Waals surface area contributed by atoms with Gasteiger partial charge in [-0.2, -0.15) is 0 Å². The lowest BCUT2D eigenvalue weighted by atomic mass is 9.87. The van der Waals surface area contributed by atoms with Crippen LogP contribution in [0.2, 0.25) is 0 Å². The molecule has 0 saturated heterocycles. The second kappa shape index (κ2) is 5.54. The van der Waals surface area contributed by atoms with Crippen LogP contribution in [-0.2, 0) is 0 Å². The Bertz CT molecular complexity index is 350. The molecule has 2 nitrogen and oxygen atoms in total. The zero-order chi connectivity index (χ0) is 13.1. The minimum absolute atomic E-state index is 0.119. The van der Waals surface area contributed by atoms with Gasteiger partial charge in [0.2, 0.25) is 0 Å². The highest BCUT2D eigenvalue weighted by Crippen LogP contribution is 2.30. The molecule has 0 aliphatic heterocycles. The molecular weight excluding hydrogens is 212 g/mol. The number of aliphatic hydroxyl groups is 1. The van der Waals surface area contributed by atoms with Crippen LogP contribution >= 0.6 is 0 Å². The van der Waals surface area contributed by atoms with E-state index >= 15 is 0 Å². The normalized spacial score (nSPS) is 13.8. The Balaban J connectivity index is 2.77. The summed E-state index contributed by atoms with van der Waals surface area (Å²) in [6.07, 6.45) is 0.480. The van der Waals surface area contributed by atoms with Gasteiger partial charge in [-0.05, 0) is 43.4 Å². The summed E-state index contributed by atoms with van der Waals surface area (Å²) >= 11 is 0. The average molecular weight is 236 g/mol. The molecule has 1 atom stereocenters. The molecule has 0 radical (unpaired) electrons. The van der Waals surface area contributed by atoms with E-state index in [1.165, 1.54) is 0 Å². The first kappa shape index (κ1) is 14.0. The third kappa shape index (κ3) is 5.22. The average Bonchev–Trinajstić information content (AvgIpc) is 2.14. The van der Waals surface area contributed by atoms with Crippen molar-refractivity contribution in [2.24, 2.45) is 5.41 Å². The number of rotatable bonds is 4. The summed E-state index contributed by atoms with van der Waals surface area (Å²) in [4.78, 5) is 0. The molecule has 0 aromatic heterocycles. The molecule has 1 aromatic rings. The second-order valence-electron chi connectivity index (χ2n) is 6.02. The maximum Gasteiger partial charge on any atom is 0.120 e. The van der Waals surface area contributed by atoms with E-state index in [9.17, 15) is 5.11 Å². The summed E-state index contributed by atoms with van der Waals surface area (Å²) in [6.45, 7) is 10.4. The lowest BCUT2D eigenvalue weighted by Crippen LogP contribution is -2.12. The number of hydrogen-bond donors (Lipinski definition) is 1. The molecule has 0 saturated carbocycles. The van der Waals surface area contributed by atoms with Crippen LogP contribution in [0.1, 0.15) is 52.7 Å². The zero-order valence-corrected chi connectivity index (χ0v) is 11.5. The van der Waals surface area contributed by atoms with Gasteiger partial charge in [-0.3, -0.25) is 0 Å². The van der Waals surface area contributed by atoms with E-state index in [2.05, 4.69) is 20.8 Å². The van der Waals surface area contributed by atoms with Crippen molar-refractivity contribution in [1.29, 1.82) is 0 Å². The van der Waals surface area contributed by atoms with Gasteiger partial charge >= 0.3 is 0 Å². The lowest BCUT2D eigenvalue weighted by Gasteiger charge is -2.23. The van der Waals surface area contributed by atoms with Gasteiger partial charge in [0.15, 0.2) is 0 Å². The molecule has 0 aliphatic carbocycles. The summed E-state index contributed by atoms with van der Waals surface area (Å²) in [6, 6.07) is 7.73. The van der Waals surface area contributed by atoms with Crippen LogP contribution in [0.3, 0.4) is 0 Å². The van der Waals surface area contributed by atoms with Crippen molar-refractivity contribution in [3.63, 3.8) is 0 Å². The van der Waals surface area contributed by atoms with E-state index in [1.807, 2.05) is 38.1 Å². The molecule has 2 heteroatoms. The molecule has 1 N–H and O–H groups in total. The van der Waals surface area contributed by atoms with Crippen molar-refractivity contribution in [3.8, 4) is 5.75 Å². The molecule has 0 amide bonds. The molecule has 0 bridgehead atoms. The minimum Gasteiger partial charge on any atom is -0.491 e. The molecular formula is C15H24O2. The molecule has 96 valence electrons. The topological polar surface area (TPSA) is 29.5 Å². The number of aliphatic hydroxyl groups excluding tert-OH is 1. The molecule has 0 heterocycles. The van der Waals surface area contributed by atoms with Crippen LogP contribution in [0, 0.1) is 5.41 Å². The van der Waals surface area contributed by atoms with Gasteiger partial charge in [0.25, 0.3) is 0 Å². The third-order valence-corrected chi connectivity index (χ3v) is 2.42. The second-order valence-corrected chi connectivity index (χ2v) is 6.02. The van der Waals surface area contributed by atoms with Gasteiger partial charge in [-0.15, -0.1) is 0 Å². The smallest absolute Gasteiger partial charge is 0.120 e. The van der Waals surface area contributed by atoms with E-state index in [1.54, 1.807) is 0 Å². The van der Waals surface area contributed by atoms with Crippen LogP contribution in [0.5, 0.6) is 5.75 Å². The van der Waals surface area contributed by atoms with Crippen molar-refractivity contribution in [1.82, 2.24) is 0 Å². The van der Waals surface area contributed by atoms with E-state index in [-0.39, 0.29) is 11.5 Å². The Kier molecular flexibility index (Phi) is 4.58. The fourth-order valence-corrected chi connectivity index (χ4v) is 1.77. The van der Waals surface area contributed by atoms with Gasteiger partial charge in [0.1, 0.15) is 5.75 Å². The van der Waals surface area contributed by atoms with Gasteiger partial charge in [-0.25, -0.2) is 0 Å². The van der Waals surface area contributed by atoms with Crippen molar-refractivity contribution in [2.45, 2.75) is 53.2 Å². The predicted octanol–water partition coefficient (Wildman–Crippen LogP) is 3.94. The lowest BCUT2D eigenvalue weighted by molar-refractivity contribution is 0.122. The Hall–Kier alpha value is -1.02. The monoisotopic (exact) mass is 236 g/mol. The van der Waals surface area contributed by atoms with E-state index in [0.717, 1.165) is 17.7 Å². The van der Waals surface area contributed by atoms with Crippen LogP contribution in [-0.4, -0.2) is 11.2 Å². The summed E-state index contributed by atoms with van der Waals surface area (Å²) in [5, 5.41) is 10.2. The largest absolute Gasteiger partial charge is 0.491 e. The fraction of sp³-hybridized carbons (Fsp3) is 0.600. The fourth-order valence-electron chi connectivity index (χ4n) is 1.77. The molecule has 17 heavy (non-hydrogen) atoms. The number of ether oxygens (including phenoxy) is 1. The van der Waals surface area contributed by atoms with Crippen LogP contribution in [0.25, 0.3) is 0 Å². The molecule has 0 spiro atoms. The maximum atomic E-state index is 10.2. The molecule has 0 aliphatic rings. The van der Waals surface area contributed by atoms with Crippen molar-refractivity contribution in [2.75, 3.05) is 0 Å². The van der Waals surface area contributed by atoms with Gasteiger partial charge in [-0.1, -0.05) is 32.9 Å². The SMILES string of the molecule is CC(C)Oc1cccc(C(O)CC(C)(C)C)c1. The minimum atomic E-state index is -0.425. The Morgan fingerprint density at radius 3 is 2.41 bits per heavy atom. The summed E-state index contributed by atoms with van der Waals surface area (Å²) in [5.74, 6) is 0.824. The quantitative estimate of drug-likeness (QED) is 0.858. The number of benzene rings is 1. The first-order valence-corrected chi connectivity index (χ1v) is 6.22. The highest BCUT2D eigenvalue weighted by atomic mass is 16.5. The van der Waals surface area contributed by atoms with Gasteiger partial charge in [0, 0.05) is 0 Å². The van der Waals surface area contributed by atoms with Crippen molar-refractivity contribution < 1.29 is 9.84 Å². The van der Waals surface area contributed by atoms with Crippen LogP contribution < -0.4 is 4.74 Å². The van der Waals surface area contributed by atoms with Gasteiger partial charge < -0.3 is 9.84 Å². The molecule has 1 unspecified atom stereocenters. The van der Waals surface area contributed by atoms with Gasteiger partial charge in [0.05, 0.1) is 12.2 Å². The van der Waals surface area contributed by atoms with Crippen LogP contribution in [0.4, 0.5) is 0 Å². The zero-order valence-electron chi connectivity index (χ0n) is 11.5. The Morgan fingerprint density at radius 2 is 1.88 bits per heavy atom. The molecule has 0 fully saturated rings. The van der Waals surface area contributed by atoms with E-state index in [4.69, 9.17) is 4.74 Å². The Morgan fingerprint density at radius 1 is 1.24 bits per heavy atom. The highest BCUT2D eigenvalue weighted by Gasteiger charge is 2.18. The third-order valence-electron chi connectivity index (χ3n) is 2.42. The first-order chi connectivity index (χ1) is 7.78. The standard InChI is InChI=1S/C15H24O2/c1-11(2)17-13-8-6-7-12(9-13)14(16)10-15(3,4)5/h6-9,11,14,16H,10H2,1-5H3. The summed E-state index contributed by atoms with van der Waals surface area (Å²) < 4.78 is 5.62. The van der Waals surface area contributed by atoms with Crippen molar-refractivity contribution >= 4 is 0 Å². The summed E-state index contributed by atoms with van der Waals surface area (Å²) in [5.41, 5.74) is 1.05. The maximum absolute atomic E-state index is 10.2. The van der Waals surface area contributed by atoms with Crippen LogP contribution in [0.15, 0.2) is 24.3 Å². The van der Waals surface area contributed by atoms with E-state index < -0.39 is 6.10 Å². The summed E-state index contributed by atoms with van der Waals surface area (Å²) in [7, 11) is 0. The van der Waals surface area contributed by atoms with E-state index in [0.29, 0.717) is 0 Å². The molecule has 1 rings (SSSR count). The highest BCUT2D eigenvalue weighted by molar-refractivity contribution is 5.30. The first-order valence-electron chi connectivity index (χ1n) is 6.22. The van der Waals surface area contributed by atoms with Crippen molar-refractivity contribution in [3.05, 3.63) is 29.8 Å². The number of hydrogen-bond acceptors (Lipinski definition) is 2. The Labute approximate surface area is 105 Å².